The molecule has 2 aromatic carbocycles. The Morgan fingerprint density at radius 2 is 1.97 bits per heavy atom. The minimum atomic E-state index is 0.481. The lowest BCUT2D eigenvalue weighted by Crippen LogP contribution is -2.44. The zero-order chi connectivity index (χ0) is 20.2. The summed E-state index contributed by atoms with van der Waals surface area (Å²) in [6, 6.07) is 14.7. The summed E-state index contributed by atoms with van der Waals surface area (Å²) in [5.41, 5.74) is 4.55. The predicted octanol–water partition coefficient (Wildman–Crippen LogP) is 4.78. The van der Waals surface area contributed by atoms with E-state index in [-0.39, 0.29) is 0 Å². The summed E-state index contributed by atoms with van der Waals surface area (Å²) < 4.78 is 12.1. The Bertz CT molecular complexity index is 967. The van der Waals surface area contributed by atoms with Crippen molar-refractivity contribution in [2.75, 3.05) is 50.6 Å². The van der Waals surface area contributed by atoms with E-state index in [4.69, 9.17) is 9.15 Å². The average molecular weight is 504 g/mol. The van der Waals surface area contributed by atoms with Crippen molar-refractivity contribution < 1.29 is 9.15 Å². The molecule has 0 atom stereocenters. The Balaban J connectivity index is 1.50. The van der Waals surface area contributed by atoms with Gasteiger partial charge in [0.1, 0.15) is 5.75 Å². The van der Waals surface area contributed by atoms with Crippen LogP contribution in [-0.4, -0.2) is 50.2 Å². The van der Waals surface area contributed by atoms with Crippen LogP contribution in [0.1, 0.15) is 5.56 Å². The van der Waals surface area contributed by atoms with Gasteiger partial charge in [-0.25, -0.2) is 4.98 Å². The molecule has 0 aliphatic carbocycles. The van der Waals surface area contributed by atoms with Gasteiger partial charge in [-0.3, -0.25) is 0 Å². The van der Waals surface area contributed by atoms with Crippen molar-refractivity contribution in [1.82, 2.24) is 9.88 Å². The highest BCUT2D eigenvalue weighted by Gasteiger charge is 2.17. The highest BCUT2D eigenvalue weighted by atomic mass is 127. The largest absolute Gasteiger partial charge is 0.497 e. The van der Waals surface area contributed by atoms with Crippen molar-refractivity contribution in [2.24, 2.45) is 0 Å². The number of methoxy groups -OCH3 is 1. The third-order valence-electron chi connectivity index (χ3n) is 5.18. The molecule has 7 heteroatoms. The summed E-state index contributed by atoms with van der Waals surface area (Å²) in [6.07, 6.45) is 1.73. The maximum Gasteiger partial charge on any atom is 0.299 e. The molecule has 0 amide bonds. The molecule has 0 radical (unpaired) electrons. The molecule has 1 saturated heterocycles. The number of benzene rings is 2. The molecule has 1 aliphatic rings. The first-order valence-electron chi connectivity index (χ1n) is 9.66. The number of aromatic nitrogens is 1. The highest BCUT2D eigenvalue weighted by molar-refractivity contribution is 14.1. The number of likely N-dealkylation sites (N-methyl/N-ethyl adjacent to an activating group) is 1. The number of nitrogens with zero attached hydrogens (tertiary/aromatic N) is 3. The van der Waals surface area contributed by atoms with Crippen LogP contribution in [0.15, 0.2) is 53.1 Å². The number of nitrogens with one attached hydrogen (secondary N) is 1. The summed E-state index contributed by atoms with van der Waals surface area (Å²) in [5, 5.41) is 3.30. The number of alkyl halides is 1. The van der Waals surface area contributed by atoms with E-state index in [2.05, 4.69) is 67.9 Å². The average Bonchev–Trinajstić information content (AvgIpc) is 3.23. The molecule has 0 saturated carbocycles. The van der Waals surface area contributed by atoms with Gasteiger partial charge in [-0.15, -0.1) is 0 Å². The van der Waals surface area contributed by atoms with Crippen LogP contribution in [0.25, 0.3) is 11.3 Å². The second-order valence-electron chi connectivity index (χ2n) is 7.15. The molecular formula is C22H25IN4O2. The van der Waals surface area contributed by atoms with E-state index >= 15 is 0 Å². The highest BCUT2D eigenvalue weighted by Crippen LogP contribution is 2.30. The topological polar surface area (TPSA) is 53.8 Å². The van der Waals surface area contributed by atoms with Gasteiger partial charge in [0.05, 0.1) is 13.3 Å². The Labute approximate surface area is 185 Å². The number of hydrogen-bond acceptors (Lipinski definition) is 6. The molecule has 3 aromatic rings. The zero-order valence-electron chi connectivity index (χ0n) is 16.7. The van der Waals surface area contributed by atoms with Gasteiger partial charge in [0.25, 0.3) is 6.01 Å². The van der Waals surface area contributed by atoms with Gasteiger partial charge in [0.15, 0.2) is 5.76 Å². The molecular weight excluding hydrogens is 479 g/mol. The molecule has 152 valence electrons. The van der Waals surface area contributed by atoms with Crippen molar-refractivity contribution in [3.8, 4) is 17.1 Å². The van der Waals surface area contributed by atoms with Crippen LogP contribution in [-0.2, 0) is 4.43 Å². The lowest BCUT2D eigenvalue weighted by Gasteiger charge is -2.35. The summed E-state index contributed by atoms with van der Waals surface area (Å²) in [6.45, 7) is 4.33. The third kappa shape index (κ3) is 4.67. The number of ether oxygens (including phenoxy) is 1. The van der Waals surface area contributed by atoms with Crippen LogP contribution in [0.2, 0.25) is 0 Å². The number of piperazine rings is 1. The molecule has 1 N–H and O–H groups in total. The first kappa shape index (κ1) is 20.0. The van der Waals surface area contributed by atoms with Gasteiger partial charge in [-0.05, 0) is 42.9 Å². The van der Waals surface area contributed by atoms with Crippen molar-refractivity contribution in [2.45, 2.75) is 4.43 Å². The van der Waals surface area contributed by atoms with Gasteiger partial charge in [-0.2, -0.15) is 0 Å². The van der Waals surface area contributed by atoms with Gasteiger partial charge < -0.3 is 24.3 Å². The Morgan fingerprint density at radius 3 is 2.72 bits per heavy atom. The van der Waals surface area contributed by atoms with Crippen molar-refractivity contribution in [3.05, 3.63) is 54.2 Å². The van der Waals surface area contributed by atoms with Gasteiger partial charge in [0.2, 0.25) is 0 Å². The number of hydrogen-bond donors (Lipinski definition) is 1. The Kier molecular flexibility index (Phi) is 6.25. The lowest BCUT2D eigenvalue weighted by molar-refractivity contribution is 0.312. The molecule has 29 heavy (non-hydrogen) atoms. The number of halogens is 1. The van der Waals surface area contributed by atoms with Gasteiger partial charge >= 0.3 is 0 Å². The second-order valence-corrected chi connectivity index (χ2v) is 7.92. The van der Waals surface area contributed by atoms with Crippen molar-refractivity contribution in [3.63, 3.8) is 0 Å². The minimum absolute atomic E-state index is 0.481. The molecule has 2 heterocycles. The SMILES string of the molecule is COc1cccc(-c2cnc(Nc3ccc(N4CCN(C)CC4)c(CI)c3)o2)c1. The molecule has 1 aromatic heterocycles. The number of rotatable bonds is 6. The van der Waals surface area contributed by atoms with E-state index in [0.29, 0.717) is 11.8 Å². The first-order valence-corrected chi connectivity index (χ1v) is 11.2. The van der Waals surface area contributed by atoms with Crippen molar-refractivity contribution >= 4 is 40.0 Å². The summed E-state index contributed by atoms with van der Waals surface area (Å²) >= 11 is 2.43. The fraction of sp³-hybridized carbons (Fsp3) is 0.318. The van der Waals surface area contributed by atoms with E-state index in [9.17, 15) is 0 Å². The predicted molar refractivity (Wildman–Crippen MR) is 126 cm³/mol. The van der Waals surface area contributed by atoms with Crippen LogP contribution in [0.3, 0.4) is 0 Å². The smallest absolute Gasteiger partial charge is 0.299 e. The van der Waals surface area contributed by atoms with Crippen LogP contribution >= 0.6 is 22.6 Å². The monoisotopic (exact) mass is 504 g/mol. The molecule has 0 bridgehead atoms. The van der Waals surface area contributed by atoms with E-state index < -0.39 is 0 Å². The van der Waals surface area contributed by atoms with E-state index in [1.807, 2.05) is 24.3 Å². The van der Waals surface area contributed by atoms with Crippen molar-refractivity contribution in [1.29, 1.82) is 0 Å². The van der Waals surface area contributed by atoms with Crippen LogP contribution < -0.4 is 15.0 Å². The quantitative estimate of drug-likeness (QED) is 0.385. The van der Waals surface area contributed by atoms with E-state index in [0.717, 1.165) is 47.6 Å². The maximum atomic E-state index is 5.91. The molecule has 0 spiro atoms. The summed E-state index contributed by atoms with van der Waals surface area (Å²) in [4.78, 5) is 9.23. The van der Waals surface area contributed by atoms with E-state index in [1.54, 1.807) is 13.3 Å². The summed E-state index contributed by atoms with van der Waals surface area (Å²) in [7, 11) is 3.84. The van der Waals surface area contributed by atoms with Gasteiger partial charge in [-0.1, -0.05) is 34.7 Å². The fourth-order valence-electron chi connectivity index (χ4n) is 3.49. The molecule has 0 unspecified atom stereocenters. The fourth-order valence-corrected chi connectivity index (χ4v) is 4.10. The number of oxazole rings is 1. The Hall–Kier alpha value is -2.26. The second kappa shape index (κ2) is 9.04. The Morgan fingerprint density at radius 1 is 1.14 bits per heavy atom. The zero-order valence-corrected chi connectivity index (χ0v) is 18.8. The molecule has 6 nitrogen and oxygen atoms in total. The molecule has 1 fully saturated rings. The minimum Gasteiger partial charge on any atom is -0.497 e. The van der Waals surface area contributed by atoms with Gasteiger partial charge in [0, 0.05) is 47.5 Å². The normalized spacial score (nSPS) is 14.8. The molecule has 1 aliphatic heterocycles. The lowest BCUT2D eigenvalue weighted by atomic mass is 10.1. The standard InChI is InChI=1S/C22H25IN4O2/c1-26-8-10-27(11-9-26)20-7-6-18(12-17(20)14-23)25-22-24-15-21(29-22)16-4-3-5-19(13-16)28-2/h3-7,12-13,15H,8-11,14H2,1-2H3,(H,24,25). The van der Waals surface area contributed by atoms with Crippen LogP contribution in [0.4, 0.5) is 17.4 Å². The van der Waals surface area contributed by atoms with Crippen LogP contribution in [0, 0.1) is 0 Å². The molecule has 4 rings (SSSR count). The van der Waals surface area contributed by atoms with Crippen LogP contribution in [0.5, 0.6) is 5.75 Å². The number of anilines is 3. The maximum absolute atomic E-state index is 5.91. The summed E-state index contributed by atoms with van der Waals surface area (Å²) in [5.74, 6) is 1.49. The van der Waals surface area contributed by atoms with E-state index in [1.165, 1.54) is 11.3 Å². The third-order valence-corrected chi connectivity index (χ3v) is 6.00. The first-order chi connectivity index (χ1) is 14.2.